The topological polar surface area (TPSA) is 89.5 Å². The van der Waals surface area contributed by atoms with Crippen molar-refractivity contribution in [3.63, 3.8) is 0 Å². The van der Waals surface area contributed by atoms with E-state index in [2.05, 4.69) is 0 Å². The predicted molar refractivity (Wildman–Crippen MR) is 74.9 cm³/mol. The molecule has 0 bridgehead atoms. The summed E-state index contributed by atoms with van der Waals surface area (Å²) in [7, 11) is -1.17. The third-order valence-electron chi connectivity index (χ3n) is 2.44. The van der Waals surface area contributed by atoms with Gasteiger partial charge >= 0.3 is 10.4 Å². The summed E-state index contributed by atoms with van der Waals surface area (Å²) in [4.78, 5) is 0. The zero-order valence-electron chi connectivity index (χ0n) is 13.4. The van der Waals surface area contributed by atoms with E-state index in [1.54, 1.807) is 13.8 Å². The number of ether oxygens (including phenoxy) is 4. The van der Waals surface area contributed by atoms with E-state index in [-0.39, 0.29) is 25.4 Å². The van der Waals surface area contributed by atoms with E-state index in [4.69, 9.17) is 27.3 Å². The lowest BCUT2D eigenvalue weighted by Gasteiger charge is -2.19. The van der Waals surface area contributed by atoms with E-state index in [1.165, 1.54) is 28.1 Å². The molecule has 0 spiro atoms. The molecule has 0 aromatic heterocycles. The second-order valence-corrected chi connectivity index (χ2v) is 5.70. The van der Waals surface area contributed by atoms with Gasteiger partial charge in [-0.2, -0.15) is 8.42 Å². The van der Waals surface area contributed by atoms with Gasteiger partial charge in [-0.25, -0.2) is 8.37 Å². The summed E-state index contributed by atoms with van der Waals surface area (Å²) >= 11 is 0. The van der Waals surface area contributed by atoms with Crippen molar-refractivity contribution in [2.75, 3.05) is 27.4 Å². The van der Waals surface area contributed by atoms with Gasteiger partial charge in [-0.05, 0) is 27.7 Å². The molecule has 128 valence electrons. The zero-order chi connectivity index (χ0) is 16.5. The van der Waals surface area contributed by atoms with Gasteiger partial charge in [0.15, 0.2) is 12.6 Å². The summed E-state index contributed by atoms with van der Waals surface area (Å²) in [5.74, 6) is 0. The van der Waals surface area contributed by atoms with Crippen LogP contribution < -0.4 is 0 Å². The molecule has 9 heteroatoms. The largest absolute Gasteiger partial charge is 0.404 e. The summed E-state index contributed by atoms with van der Waals surface area (Å²) in [5.41, 5.74) is 0. The molecule has 0 rings (SSSR count). The van der Waals surface area contributed by atoms with Crippen LogP contribution in [0.25, 0.3) is 0 Å². The maximum absolute atomic E-state index is 11.6. The Labute approximate surface area is 126 Å². The fourth-order valence-corrected chi connectivity index (χ4v) is 1.91. The first-order valence-electron chi connectivity index (χ1n) is 6.60. The van der Waals surface area contributed by atoms with Crippen molar-refractivity contribution in [3.05, 3.63) is 0 Å². The van der Waals surface area contributed by atoms with Crippen molar-refractivity contribution < 1.29 is 35.7 Å². The molecule has 0 amide bonds. The molecule has 0 aliphatic carbocycles. The SMILES string of the molecule is COC(C)COC(C)OS(=O)(=O)OC(C)OCC(C)OC. The highest BCUT2D eigenvalue weighted by Gasteiger charge is 2.22. The standard InChI is InChI=1S/C12H26O8S/c1-9(15-5)7-17-11(3)19-21(13,14)20-12(4)18-8-10(2)16-6/h9-12H,7-8H2,1-6H3. The number of rotatable bonds is 12. The highest BCUT2D eigenvalue weighted by Crippen LogP contribution is 2.09. The van der Waals surface area contributed by atoms with Crippen molar-refractivity contribution in [3.8, 4) is 0 Å². The summed E-state index contributed by atoms with van der Waals surface area (Å²) in [6.07, 6.45) is -2.31. The Hall–Kier alpha value is -0.290. The molecule has 8 nitrogen and oxygen atoms in total. The van der Waals surface area contributed by atoms with Crippen LogP contribution in [0.5, 0.6) is 0 Å². The summed E-state index contributed by atoms with van der Waals surface area (Å²) < 4.78 is 52.9. The molecule has 0 aromatic carbocycles. The molecule has 21 heavy (non-hydrogen) atoms. The third-order valence-corrected chi connectivity index (χ3v) is 3.46. The maximum atomic E-state index is 11.6. The second-order valence-electron chi connectivity index (χ2n) is 4.50. The Kier molecular flexibility index (Phi) is 10.3. The molecule has 4 atom stereocenters. The van der Waals surface area contributed by atoms with Crippen molar-refractivity contribution >= 4 is 10.4 Å². The van der Waals surface area contributed by atoms with Gasteiger partial charge in [0.2, 0.25) is 0 Å². The van der Waals surface area contributed by atoms with Gasteiger partial charge < -0.3 is 18.9 Å². The van der Waals surface area contributed by atoms with Crippen LogP contribution in [0, 0.1) is 0 Å². The van der Waals surface area contributed by atoms with Gasteiger partial charge in [-0.3, -0.25) is 0 Å². The van der Waals surface area contributed by atoms with Gasteiger partial charge in [0.05, 0.1) is 25.4 Å². The average Bonchev–Trinajstić information content (AvgIpc) is 2.40. The molecular formula is C12H26O8S. The van der Waals surface area contributed by atoms with E-state index in [9.17, 15) is 8.42 Å². The van der Waals surface area contributed by atoms with Crippen LogP contribution in [0.15, 0.2) is 0 Å². The van der Waals surface area contributed by atoms with Crippen molar-refractivity contribution in [1.29, 1.82) is 0 Å². The zero-order valence-corrected chi connectivity index (χ0v) is 14.2. The van der Waals surface area contributed by atoms with Crippen LogP contribution in [0.3, 0.4) is 0 Å². The number of hydrogen-bond acceptors (Lipinski definition) is 8. The third kappa shape index (κ3) is 11.0. The van der Waals surface area contributed by atoms with Crippen LogP contribution in [-0.4, -0.2) is 60.6 Å². The Morgan fingerprint density at radius 3 is 1.38 bits per heavy atom. The second kappa shape index (κ2) is 10.4. The fourth-order valence-electron chi connectivity index (χ4n) is 1.09. The van der Waals surface area contributed by atoms with Crippen molar-refractivity contribution in [1.82, 2.24) is 0 Å². The molecule has 0 radical (unpaired) electrons. The first kappa shape index (κ1) is 20.7. The van der Waals surface area contributed by atoms with E-state index in [0.717, 1.165) is 0 Å². The van der Waals surface area contributed by atoms with Crippen LogP contribution in [0.1, 0.15) is 27.7 Å². The number of methoxy groups -OCH3 is 2. The molecule has 0 heterocycles. The predicted octanol–water partition coefficient (Wildman–Crippen LogP) is 1.06. The van der Waals surface area contributed by atoms with Crippen LogP contribution in [-0.2, 0) is 37.7 Å². The minimum atomic E-state index is -4.22. The van der Waals surface area contributed by atoms with Crippen molar-refractivity contribution in [2.45, 2.75) is 52.5 Å². The average molecular weight is 330 g/mol. The first-order chi connectivity index (χ1) is 9.70. The smallest absolute Gasteiger partial charge is 0.379 e. The van der Waals surface area contributed by atoms with Crippen LogP contribution in [0.4, 0.5) is 0 Å². The summed E-state index contributed by atoms with van der Waals surface area (Å²) in [6, 6.07) is 0. The van der Waals surface area contributed by atoms with E-state index in [0.29, 0.717) is 0 Å². The van der Waals surface area contributed by atoms with E-state index in [1.807, 2.05) is 0 Å². The molecule has 0 saturated heterocycles. The number of hydrogen-bond donors (Lipinski definition) is 0. The highest BCUT2D eigenvalue weighted by atomic mass is 32.3. The highest BCUT2D eigenvalue weighted by molar-refractivity contribution is 7.81. The summed E-state index contributed by atoms with van der Waals surface area (Å²) in [5, 5.41) is 0. The van der Waals surface area contributed by atoms with E-state index >= 15 is 0 Å². The fraction of sp³-hybridized carbons (Fsp3) is 1.00. The van der Waals surface area contributed by atoms with Crippen molar-refractivity contribution in [2.24, 2.45) is 0 Å². The van der Waals surface area contributed by atoms with Crippen LogP contribution >= 0.6 is 0 Å². The lowest BCUT2D eigenvalue weighted by molar-refractivity contribution is -0.123. The summed E-state index contributed by atoms with van der Waals surface area (Å²) in [6.45, 7) is 6.86. The molecule has 0 N–H and O–H groups in total. The van der Waals surface area contributed by atoms with Gasteiger partial charge in [0, 0.05) is 14.2 Å². The Balaban J connectivity index is 4.11. The minimum Gasteiger partial charge on any atom is -0.379 e. The molecule has 0 saturated carbocycles. The molecule has 0 aliphatic rings. The monoisotopic (exact) mass is 330 g/mol. The minimum absolute atomic E-state index is 0.169. The lowest BCUT2D eigenvalue weighted by atomic mass is 10.4. The van der Waals surface area contributed by atoms with Gasteiger partial charge in [0.25, 0.3) is 0 Å². The van der Waals surface area contributed by atoms with Crippen LogP contribution in [0.2, 0.25) is 0 Å². The maximum Gasteiger partial charge on any atom is 0.404 e. The Morgan fingerprint density at radius 1 is 0.762 bits per heavy atom. The molecular weight excluding hydrogens is 304 g/mol. The lowest BCUT2D eigenvalue weighted by Crippen LogP contribution is -2.28. The molecule has 0 aromatic rings. The first-order valence-corrected chi connectivity index (χ1v) is 7.93. The molecule has 0 fully saturated rings. The quantitative estimate of drug-likeness (QED) is 0.491. The molecule has 4 unspecified atom stereocenters. The molecule has 0 aliphatic heterocycles. The van der Waals surface area contributed by atoms with Gasteiger partial charge in [-0.1, -0.05) is 0 Å². The Bertz CT molecular complexity index is 330. The van der Waals surface area contributed by atoms with E-state index < -0.39 is 23.0 Å². The van der Waals surface area contributed by atoms with Gasteiger partial charge in [0.1, 0.15) is 0 Å². The normalized spacial score (nSPS) is 18.2. The van der Waals surface area contributed by atoms with Gasteiger partial charge in [-0.15, -0.1) is 0 Å². The Morgan fingerprint density at radius 2 is 1.10 bits per heavy atom.